The number of halogens is 1. The Morgan fingerprint density at radius 1 is 1.40 bits per heavy atom. The Morgan fingerprint density at radius 2 is 2.10 bits per heavy atom. The fraction of sp³-hybridized carbons (Fsp3) is 0.214. The zero-order chi connectivity index (χ0) is 14.9. The molecule has 2 aromatic rings. The first-order chi connectivity index (χ1) is 9.40. The van der Waals surface area contributed by atoms with Gasteiger partial charge < -0.3 is 5.11 Å². The molecule has 6 heteroatoms. The number of aliphatic carboxylic acids is 1. The Labute approximate surface area is 120 Å². The van der Waals surface area contributed by atoms with Crippen LogP contribution in [0.3, 0.4) is 0 Å². The van der Waals surface area contributed by atoms with Crippen molar-refractivity contribution in [1.82, 2.24) is 9.78 Å². The minimum atomic E-state index is -1.09. The summed E-state index contributed by atoms with van der Waals surface area (Å²) in [7, 11) is 0. The van der Waals surface area contributed by atoms with E-state index in [0.29, 0.717) is 10.7 Å². The summed E-state index contributed by atoms with van der Waals surface area (Å²) in [5.41, 5.74) is 1.79. The third kappa shape index (κ3) is 2.72. The molecular formula is C14H13ClN2O3. The van der Waals surface area contributed by atoms with Gasteiger partial charge in [0.25, 0.3) is 0 Å². The van der Waals surface area contributed by atoms with Crippen LogP contribution in [0, 0.1) is 13.8 Å². The maximum Gasteiger partial charge on any atom is 0.309 e. The van der Waals surface area contributed by atoms with Gasteiger partial charge in [-0.2, -0.15) is 5.10 Å². The lowest BCUT2D eigenvalue weighted by Crippen LogP contribution is -2.21. The Bertz CT molecular complexity index is 738. The van der Waals surface area contributed by atoms with Crippen LogP contribution in [0.5, 0.6) is 0 Å². The van der Waals surface area contributed by atoms with Crippen LogP contribution in [0.1, 0.15) is 17.0 Å². The van der Waals surface area contributed by atoms with Crippen LogP contribution in [-0.2, 0) is 11.2 Å². The molecule has 0 bridgehead atoms. The van der Waals surface area contributed by atoms with Gasteiger partial charge in [-0.1, -0.05) is 17.7 Å². The summed E-state index contributed by atoms with van der Waals surface area (Å²) in [6.45, 7) is 3.58. The molecule has 0 radical (unpaired) electrons. The van der Waals surface area contributed by atoms with Crippen molar-refractivity contribution in [2.75, 3.05) is 0 Å². The van der Waals surface area contributed by atoms with Gasteiger partial charge in [0.1, 0.15) is 5.69 Å². The highest BCUT2D eigenvalue weighted by Gasteiger charge is 2.12. The zero-order valence-corrected chi connectivity index (χ0v) is 11.8. The second-order valence-corrected chi connectivity index (χ2v) is 4.87. The highest BCUT2D eigenvalue weighted by molar-refractivity contribution is 6.31. The van der Waals surface area contributed by atoms with Crippen LogP contribution in [0.25, 0.3) is 5.69 Å². The van der Waals surface area contributed by atoms with Crippen molar-refractivity contribution in [1.29, 1.82) is 0 Å². The minimum Gasteiger partial charge on any atom is -0.481 e. The van der Waals surface area contributed by atoms with E-state index in [4.69, 9.17) is 16.7 Å². The highest BCUT2D eigenvalue weighted by Crippen LogP contribution is 2.22. The number of hydrogen-bond donors (Lipinski definition) is 1. The Hall–Kier alpha value is -2.14. The van der Waals surface area contributed by atoms with E-state index in [9.17, 15) is 9.59 Å². The van der Waals surface area contributed by atoms with Crippen molar-refractivity contribution >= 4 is 17.6 Å². The standard InChI is InChI=1S/C14H13ClN2O3/c1-8-6-13(18)11(7-14(19)20)16-17(8)12-5-3-4-10(15)9(12)2/h3-6H,7H2,1-2H3,(H,19,20). The molecule has 1 aromatic carbocycles. The minimum absolute atomic E-state index is 0.00229. The molecule has 0 saturated carbocycles. The average molecular weight is 293 g/mol. The van der Waals surface area contributed by atoms with Crippen LogP contribution < -0.4 is 5.43 Å². The van der Waals surface area contributed by atoms with Crippen LogP contribution >= 0.6 is 11.6 Å². The molecule has 0 saturated heterocycles. The van der Waals surface area contributed by atoms with Crippen molar-refractivity contribution in [3.63, 3.8) is 0 Å². The van der Waals surface area contributed by atoms with Gasteiger partial charge in [0, 0.05) is 16.8 Å². The number of hydrogen-bond acceptors (Lipinski definition) is 3. The molecule has 1 N–H and O–H groups in total. The average Bonchev–Trinajstić information content (AvgIpc) is 2.36. The molecule has 0 atom stereocenters. The van der Waals surface area contributed by atoms with Gasteiger partial charge in [-0.05, 0) is 31.5 Å². The molecule has 5 nitrogen and oxygen atoms in total. The zero-order valence-electron chi connectivity index (χ0n) is 11.1. The molecule has 0 aliphatic carbocycles. The van der Waals surface area contributed by atoms with Gasteiger partial charge in [-0.25, -0.2) is 4.68 Å². The predicted octanol–water partition coefficient (Wildman–Crippen LogP) is 2.13. The van der Waals surface area contributed by atoms with Crippen molar-refractivity contribution in [3.8, 4) is 5.69 Å². The molecular weight excluding hydrogens is 280 g/mol. The summed E-state index contributed by atoms with van der Waals surface area (Å²) in [5.74, 6) is -1.09. The molecule has 0 fully saturated rings. The quantitative estimate of drug-likeness (QED) is 0.940. The first-order valence-corrected chi connectivity index (χ1v) is 6.35. The summed E-state index contributed by atoms with van der Waals surface area (Å²) >= 11 is 6.07. The lowest BCUT2D eigenvalue weighted by Gasteiger charge is -2.13. The van der Waals surface area contributed by atoms with E-state index in [1.165, 1.54) is 6.07 Å². The van der Waals surface area contributed by atoms with Gasteiger partial charge in [0.2, 0.25) is 5.43 Å². The number of nitrogens with zero attached hydrogens (tertiary/aromatic N) is 2. The lowest BCUT2D eigenvalue weighted by molar-refractivity contribution is -0.136. The number of aryl methyl sites for hydroxylation is 1. The first-order valence-electron chi connectivity index (χ1n) is 5.97. The molecule has 0 spiro atoms. The summed E-state index contributed by atoms with van der Waals surface area (Å²) in [6.07, 6.45) is -0.404. The molecule has 20 heavy (non-hydrogen) atoms. The SMILES string of the molecule is Cc1c(Cl)cccc1-n1nc(CC(=O)O)c(=O)cc1C. The molecule has 0 amide bonds. The normalized spacial score (nSPS) is 10.6. The number of carboxylic acids is 1. The smallest absolute Gasteiger partial charge is 0.309 e. The maximum absolute atomic E-state index is 11.7. The van der Waals surface area contributed by atoms with Crippen molar-refractivity contribution in [3.05, 3.63) is 56.5 Å². The molecule has 2 rings (SSSR count). The van der Waals surface area contributed by atoms with Gasteiger partial charge in [0.15, 0.2) is 0 Å². The maximum atomic E-state index is 11.7. The fourth-order valence-corrected chi connectivity index (χ4v) is 2.09. The summed E-state index contributed by atoms with van der Waals surface area (Å²) in [4.78, 5) is 22.5. The third-order valence-corrected chi connectivity index (χ3v) is 3.37. The van der Waals surface area contributed by atoms with E-state index in [1.807, 2.05) is 13.0 Å². The topological polar surface area (TPSA) is 72.2 Å². The largest absolute Gasteiger partial charge is 0.481 e. The fourth-order valence-electron chi connectivity index (χ4n) is 1.92. The summed E-state index contributed by atoms with van der Waals surface area (Å²) in [6, 6.07) is 6.74. The molecule has 0 unspecified atom stereocenters. The van der Waals surface area contributed by atoms with E-state index in [1.54, 1.807) is 23.7 Å². The predicted molar refractivity (Wildman–Crippen MR) is 75.7 cm³/mol. The molecule has 104 valence electrons. The van der Waals surface area contributed by atoms with E-state index >= 15 is 0 Å². The molecule has 1 aromatic heterocycles. The monoisotopic (exact) mass is 292 g/mol. The third-order valence-electron chi connectivity index (χ3n) is 2.97. The molecule has 0 aliphatic rings. The number of rotatable bonds is 3. The highest BCUT2D eigenvalue weighted by atomic mass is 35.5. The number of carboxylic acid groups (broad SMARTS) is 1. The lowest BCUT2D eigenvalue weighted by atomic mass is 10.2. The summed E-state index contributed by atoms with van der Waals surface area (Å²) in [5, 5.41) is 13.5. The first kappa shape index (κ1) is 14.3. The second-order valence-electron chi connectivity index (χ2n) is 4.46. The van der Waals surface area contributed by atoms with Crippen LogP contribution in [0.2, 0.25) is 5.02 Å². The Balaban J connectivity index is 2.65. The van der Waals surface area contributed by atoms with Crippen molar-refractivity contribution < 1.29 is 9.90 Å². The number of carbonyl (C=O) groups is 1. The van der Waals surface area contributed by atoms with Crippen LogP contribution in [0.4, 0.5) is 0 Å². The van der Waals surface area contributed by atoms with Crippen LogP contribution in [-0.4, -0.2) is 20.9 Å². The number of benzene rings is 1. The number of aromatic nitrogens is 2. The van der Waals surface area contributed by atoms with E-state index in [-0.39, 0.29) is 11.1 Å². The van der Waals surface area contributed by atoms with Gasteiger partial charge >= 0.3 is 5.97 Å². The van der Waals surface area contributed by atoms with E-state index < -0.39 is 12.4 Å². The van der Waals surface area contributed by atoms with Gasteiger partial charge in [-0.15, -0.1) is 0 Å². The molecule has 1 heterocycles. The summed E-state index contributed by atoms with van der Waals surface area (Å²) < 4.78 is 1.54. The Kier molecular flexibility index (Phi) is 3.90. The van der Waals surface area contributed by atoms with Crippen molar-refractivity contribution in [2.45, 2.75) is 20.3 Å². The Morgan fingerprint density at radius 3 is 2.75 bits per heavy atom. The van der Waals surface area contributed by atoms with Crippen molar-refractivity contribution in [2.24, 2.45) is 0 Å². The van der Waals surface area contributed by atoms with Gasteiger partial charge in [-0.3, -0.25) is 9.59 Å². The second kappa shape index (κ2) is 5.46. The molecule has 0 aliphatic heterocycles. The van der Waals surface area contributed by atoms with Crippen LogP contribution in [0.15, 0.2) is 29.1 Å². The van der Waals surface area contributed by atoms with E-state index in [2.05, 4.69) is 5.10 Å². The van der Waals surface area contributed by atoms with E-state index in [0.717, 1.165) is 11.3 Å². The van der Waals surface area contributed by atoms with Gasteiger partial charge in [0.05, 0.1) is 12.1 Å².